The van der Waals surface area contributed by atoms with Crippen LogP contribution in [0.5, 0.6) is 0 Å². The van der Waals surface area contributed by atoms with Gasteiger partial charge in [-0.25, -0.2) is 0 Å². The molecule has 0 heterocycles. The van der Waals surface area contributed by atoms with Crippen LogP contribution in [0.1, 0.15) is 15.9 Å². The van der Waals surface area contributed by atoms with Gasteiger partial charge in [-0.2, -0.15) is 13.7 Å². The van der Waals surface area contributed by atoms with Gasteiger partial charge in [0.1, 0.15) is 4.90 Å². The first-order chi connectivity index (χ1) is 6.49. The third kappa shape index (κ3) is 1.96. The van der Waals surface area contributed by atoms with Crippen molar-refractivity contribution in [2.45, 2.75) is 4.90 Å². The quantitative estimate of drug-likeness (QED) is 0.571. The summed E-state index contributed by atoms with van der Waals surface area (Å²) in [7, 11) is -4.46. The fourth-order valence-electron chi connectivity index (χ4n) is 0.925. The summed E-state index contributed by atoms with van der Waals surface area (Å²) in [4.78, 5) is 9.87. The van der Waals surface area contributed by atoms with Crippen molar-refractivity contribution in [3.05, 3.63) is 29.3 Å². The van der Waals surface area contributed by atoms with Crippen LogP contribution < -0.4 is 0 Å². The number of hydrogen-bond donors (Lipinski definition) is 1. The molecule has 0 aliphatic rings. The maximum atomic E-state index is 10.8. The van der Waals surface area contributed by atoms with Crippen molar-refractivity contribution < 1.29 is 17.8 Å². The van der Waals surface area contributed by atoms with Gasteiger partial charge in [0.15, 0.2) is 6.29 Å². The van der Waals surface area contributed by atoms with Gasteiger partial charge in [-0.1, -0.05) is 0 Å². The summed E-state index contributed by atoms with van der Waals surface area (Å²) in [6.07, 6.45) is 0.296. The number of carbonyl (C=O) groups excluding carboxylic acids is 1. The Balaban J connectivity index is 3.54. The maximum Gasteiger partial charge on any atom is 0.295 e. The van der Waals surface area contributed by atoms with Crippen molar-refractivity contribution in [3.8, 4) is 6.07 Å². The number of nitrogens with zero attached hydrogens (tertiary/aromatic N) is 1. The van der Waals surface area contributed by atoms with Crippen LogP contribution >= 0.6 is 0 Å². The SMILES string of the molecule is N#Cc1ccc(C=O)c(S(=O)(=O)O)c1. The van der Waals surface area contributed by atoms with E-state index < -0.39 is 15.0 Å². The first-order valence-electron chi connectivity index (χ1n) is 3.46. The summed E-state index contributed by atoms with van der Waals surface area (Å²) >= 11 is 0. The highest BCUT2D eigenvalue weighted by Gasteiger charge is 2.15. The van der Waals surface area contributed by atoms with Crippen LogP contribution in [0.2, 0.25) is 0 Å². The van der Waals surface area contributed by atoms with E-state index in [1.807, 2.05) is 0 Å². The zero-order valence-electron chi connectivity index (χ0n) is 6.84. The molecule has 0 spiro atoms. The van der Waals surface area contributed by atoms with Crippen molar-refractivity contribution in [1.82, 2.24) is 0 Å². The molecule has 0 saturated carbocycles. The second kappa shape index (κ2) is 3.57. The van der Waals surface area contributed by atoms with Crippen LogP contribution in [-0.2, 0) is 10.1 Å². The highest BCUT2D eigenvalue weighted by molar-refractivity contribution is 7.86. The smallest absolute Gasteiger partial charge is 0.295 e. The normalized spacial score (nSPS) is 10.6. The third-order valence-electron chi connectivity index (χ3n) is 1.55. The lowest BCUT2D eigenvalue weighted by molar-refractivity contribution is 0.112. The second-order valence-corrected chi connectivity index (χ2v) is 3.85. The molecule has 0 bridgehead atoms. The molecule has 14 heavy (non-hydrogen) atoms. The highest BCUT2D eigenvalue weighted by atomic mass is 32.2. The van der Waals surface area contributed by atoms with E-state index >= 15 is 0 Å². The topological polar surface area (TPSA) is 95.2 Å². The first kappa shape index (κ1) is 10.4. The standard InChI is InChI=1S/C8H5NO4S/c9-4-6-1-2-7(5-10)8(3-6)14(11,12)13/h1-3,5H,(H,11,12,13). The van der Waals surface area contributed by atoms with Gasteiger partial charge in [0.25, 0.3) is 10.1 Å². The summed E-state index contributed by atoms with van der Waals surface area (Å²) in [5.41, 5.74) is -0.116. The summed E-state index contributed by atoms with van der Waals surface area (Å²) in [5.74, 6) is 0. The van der Waals surface area contributed by atoms with Crippen LogP contribution in [0.4, 0.5) is 0 Å². The molecule has 1 N–H and O–H groups in total. The lowest BCUT2D eigenvalue weighted by atomic mass is 10.2. The maximum absolute atomic E-state index is 10.8. The van der Waals surface area contributed by atoms with Gasteiger partial charge >= 0.3 is 0 Å². The van der Waals surface area contributed by atoms with Crippen molar-refractivity contribution in [2.75, 3.05) is 0 Å². The van der Waals surface area contributed by atoms with Gasteiger partial charge in [-0.05, 0) is 18.2 Å². The van der Waals surface area contributed by atoms with Crippen LogP contribution in [-0.4, -0.2) is 19.3 Å². The molecule has 6 heteroatoms. The second-order valence-electron chi connectivity index (χ2n) is 2.46. The Labute approximate surface area is 80.3 Å². The van der Waals surface area contributed by atoms with E-state index in [2.05, 4.69) is 0 Å². The van der Waals surface area contributed by atoms with Gasteiger partial charge < -0.3 is 0 Å². The Morgan fingerprint density at radius 3 is 2.50 bits per heavy atom. The van der Waals surface area contributed by atoms with E-state index in [-0.39, 0.29) is 11.1 Å². The molecule has 1 aromatic rings. The van der Waals surface area contributed by atoms with Gasteiger partial charge in [0.05, 0.1) is 11.6 Å². The van der Waals surface area contributed by atoms with Gasteiger partial charge in [0, 0.05) is 5.56 Å². The average molecular weight is 211 g/mol. The highest BCUT2D eigenvalue weighted by Crippen LogP contribution is 2.15. The number of benzene rings is 1. The Kier molecular flexibility index (Phi) is 2.65. The largest absolute Gasteiger partial charge is 0.298 e. The van der Waals surface area contributed by atoms with Crippen molar-refractivity contribution >= 4 is 16.4 Å². The van der Waals surface area contributed by atoms with E-state index in [9.17, 15) is 13.2 Å². The minimum absolute atomic E-state index is 0.0585. The van der Waals surface area contributed by atoms with E-state index in [0.29, 0.717) is 6.29 Å². The molecule has 0 unspecified atom stereocenters. The summed E-state index contributed by atoms with van der Waals surface area (Å²) in [5, 5.41) is 8.48. The fourth-order valence-corrected chi connectivity index (χ4v) is 1.61. The summed E-state index contributed by atoms with van der Waals surface area (Å²) < 4.78 is 30.3. The number of hydrogen-bond acceptors (Lipinski definition) is 4. The zero-order valence-corrected chi connectivity index (χ0v) is 7.65. The average Bonchev–Trinajstić information content (AvgIpc) is 2.15. The minimum atomic E-state index is -4.46. The molecule has 0 radical (unpaired) electrons. The molecule has 0 atom stereocenters. The number of rotatable bonds is 2. The molecule has 1 rings (SSSR count). The molecular formula is C8H5NO4S. The Morgan fingerprint density at radius 1 is 1.43 bits per heavy atom. The monoisotopic (exact) mass is 211 g/mol. The Hall–Kier alpha value is -1.71. The molecule has 5 nitrogen and oxygen atoms in total. The van der Waals surface area contributed by atoms with Crippen molar-refractivity contribution in [1.29, 1.82) is 5.26 Å². The molecule has 0 fully saturated rings. The molecule has 0 aromatic heterocycles. The molecular weight excluding hydrogens is 206 g/mol. The Bertz CT molecular complexity index is 513. The zero-order chi connectivity index (χ0) is 10.8. The van der Waals surface area contributed by atoms with E-state index in [1.54, 1.807) is 6.07 Å². The van der Waals surface area contributed by atoms with Crippen LogP contribution in [0, 0.1) is 11.3 Å². The predicted molar refractivity (Wildman–Crippen MR) is 46.4 cm³/mol. The molecule has 0 aliphatic heterocycles. The molecule has 0 aliphatic carbocycles. The molecule has 72 valence electrons. The number of nitriles is 1. The lowest BCUT2D eigenvalue weighted by Gasteiger charge is -2.00. The predicted octanol–water partition coefficient (Wildman–Crippen LogP) is 0.617. The lowest BCUT2D eigenvalue weighted by Crippen LogP contribution is -2.03. The molecule has 0 saturated heterocycles. The summed E-state index contributed by atoms with van der Waals surface area (Å²) in [6.45, 7) is 0. The van der Waals surface area contributed by atoms with Gasteiger partial charge in [-0.3, -0.25) is 9.35 Å². The minimum Gasteiger partial charge on any atom is -0.298 e. The number of carbonyl (C=O) groups is 1. The Morgan fingerprint density at radius 2 is 2.07 bits per heavy atom. The number of aldehydes is 1. The van der Waals surface area contributed by atoms with Crippen molar-refractivity contribution in [3.63, 3.8) is 0 Å². The van der Waals surface area contributed by atoms with Gasteiger partial charge in [-0.15, -0.1) is 0 Å². The third-order valence-corrected chi connectivity index (χ3v) is 2.46. The molecule has 0 amide bonds. The van der Waals surface area contributed by atoms with Crippen LogP contribution in [0.3, 0.4) is 0 Å². The van der Waals surface area contributed by atoms with Gasteiger partial charge in [0.2, 0.25) is 0 Å². The fraction of sp³-hybridized carbons (Fsp3) is 0. The van der Waals surface area contributed by atoms with E-state index in [4.69, 9.17) is 9.81 Å². The first-order valence-corrected chi connectivity index (χ1v) is 4.90. The van der Waals surface area contributed by atoms with E-state index in [0.717, 1.165) is 12.1 Å². The van der Waals surface area contributed by atoms with Crippen LogP contribution in [0.25, 0.3) is 0 Å². The summed E-state index contributed by atoms with van der Waals surface area (Å²) in [6, 6.07) is 5.09. The molecule has 1 aromatic carbocycles. The van der Waals surface area contributed by atoms with Crippen molar-refractivity contribution in [2.24, 2.45) is 0 Å². The van der Waals surface area contributed by atoms with E-state index in [1.165, 1.54) is 6.07 Å². The van der Waals surface area contributed by atoms with Crippen LogP contribution in [0.15, 0.2) is 23.1 Å².